The molecule has 0 radical (unpaired) electrons. The van der Waals surface area contributed by atoms with Crippen molar-refractivity contribution in [3.63, 3.8) is 0 Å². The van der Waals surface area contributed by atoms with Gasteiger partial charge in [-0.1, -0.05) is 12.1 Å². The van der Waals surface area contributed by atoms with E-state index in [9.17, 15) is 9.90 Å². The summed E-state index contributed by atoms with van der Waals surface area (Å²) in [5.41, 5.74) is 1.94. The third-order valence-electron chi connectivity index (χ3n) is 3.46. The molecule has 0 spiro atoms. The van der Waals surface area contributed by atoms with Crippen molar-refractivity contribution in [3.05, 3.63) is 54.0 Å². The number of amides is 1. The number of pyridine rings is 1. The van der Waals surface area contributed by atoms with E-state index in [1.807, 2.05) is 13.0 Å². The Balaban J connectivity index is 2.02. The van der Waals surface area contributed by atoms with Crippen LogP contribution in [0.5, 0.6) is 11.5 Å². The topological polar surface area (TPSA) is 75.9 Å². The number of rotatable bonds is 4. The zero-order chi connectivity index (χ0) is 16.4. The minimum Gasteiger partial charge on any atom is -0.506 e. The van der Waals surface area contributed by atoms with E-state index in [0.29, 0.717) is 35.1 Å². The normalized spacial score (nSPS) is 10.7. The molecule has 0 unspecified atom stereocenters. The number of benzene rings is 1. The first-order valence-electron chi connectivity index (χ1n) is 7.31. The van der Waals surface area contributed by atoms with Gasteiger partial charge in [0.2, 0.25) is 0 Å². The van der Waals surface area contributed by atoms with Crippen LogP contribution in [0.15, 0.2) is 42.6 Å². The van der Waals surface area contributed by atoms with Gasteiger partial charge in [-0.15, -0.1) is 0 Å². The monoisotopic (exact) mass is 311 g/mol. The molecular weight excluding hydrogens is 294 g/mol. The quantitative estimate of drug-likeness (QED) is 0.726. The molecule has 2 aromatic heterocycles. The first kappa shape index (κ1) is 14.9. The molecule has 0 bridgehead atoms. The number of fused-ring (bicyclic) bond motifs is 1. The molecule has 23 heavy (non-hydrogen) atoms. The highest BCUT2D eigenvalue weighted by atomic mass is 16.5. The molecule has 0 atom stereocenters. The predicted molar refractivity (Wildman–Crippen MR) is 87.2 cm³/mol. The average molecular weight is 311 g/mol. The third kappa shape index (κ3) is 2.70. The molecule has 3 aromatic rings. The van der Waals surface area contributed by atoms with Gasteiger partial charge in [0.15, 0.2) is 11.4 Å². The first-order valence-corrected chi connectivity index (χ1v) is 7.31. The van der Waals surface area contributed by atoms with E-state index >= 15 is 0 Å². The lowest BCUT2D eigenvalue weighted by molar-refractivity contribution is 0.102. The summed E-state index contributed by atoms with van der Waals surface area (Å²) in [4.78, 5) is 17.0. The number of aromatic hydroxyl groups is 1. The van der Waals surface area contributed by atoms with Crippen molar-refractivity contribution in [1.29, 1.82) is 0 Å². The molecule has 3 rings (SSSR count). The van der Waals surface area contributed by atoms with Gasteiger partial charge in [0.1, 0.15) is 11.4 Å². The number of phenols is 1. The summed E-state index contributed by atoms with van der Waals surface area (Å²) < 4.78 is 7.24. The minimum atomic E-state index is -0.342. The Hall–Kier alpha value is -3.02. The molecule has 0 saturated carbocycles. The molecule has 0 fully saturated rings. The first-order chi connectivity index (χ1) is 11.1. The number of phenolic OH excluding ortho intramolecular Hbond substituents is 1. The van der Waals surface area contributed by atoms with Crippen LogP contribution in [0.3, 0.4) is 0 Å². The Labute approximate surface area is 133 Å². The molecule has 6 nitrogen and oxygen atoms in total. The molecule has 1 aromatic carbocycles. The summed E-state index contributed by atoms with van der Waals surface area (Å²) in [7, 11) is 0. The summed E-state index contributed by atoms with van der Waals surface area (Å²) in [6.07, 6.45) is 1.76. The van der Waals surface area contributed by atoms with Crippen molar-refractivity contribution in [1.82, 2.24) is 9.38 Å². The van der Waals surface area contributed by atoms with Gasteiger partial charge in [-0.05, 0) is 38.1 Å². The van der Waals surface area contributed by atoms with Gasteiger partial charge in [-0.3, -0.25) is 9.20 Å². The van der Waals surface area contributed by atoms with E-state index in [2.05, 4.69) is 10.3 Å². The van der Waals surface area contributed by atoms with E-state index < -0.39 is 0 Å². The second-order valence-corrected chi connectivity index (χ2v) is 5.02. The number of hydrogen-bond acceptors (Lipinski definition) is 4. The van der Waals surface area contributed by atoms with Crippen molar-refractivity contribution in [2.45, 2.75) is 13.8 Å². The zero-order valence-corrected chi connectivity index (χ0v) is 12.9. The van der Waals surface area contributed by atoms with Crippen LogP contribution in [-0.4, -0.2) is 27.0 Å². The Morgan fingerprint density at radius 3 is 2.83 bits per heavy atom. The number of hydrogen-bond donors (Lipinski definition) is 2. The zero-order valence-electron chi connectivity index (χ0n) is 12.9. The number of para-hydroxylation sites is 2. The van der Waals surface area contributed by atoms with Crippen LogP contribution in [0.4, 0.5) is 5.69 Å². The lowest BCUT2D eigenvalue weighted by Crippen LogP contribution is -2.15. The van der Waals surface area contributed by atoms with Crippen molar-refractivity contribution in [2.24, 2.45) is 0 Å². The van der Waals surface area contributed by atoms with E-state index in [1.54, 1.807) is 41.8 Å². The maximum atomic E-state index is 12.6. The number of nitrogens with zero attached hydrogens (tertiary/aromatic N) is 2. The van der Waals surface area contributed by atoms with Crippen LogP contribution in [0, 0.1) is 6.92 Å². The number of ether oxygens (including phenoxy) is 1. The van der Waals surface area contributed by atoms with E-state index in [-0.39, 0.29) is 11.7 Å². The molecular formula is C17H17N3O3. The SMILES string of the molecule is CCOc1cccn2c(C(=O)Nc3ccccc3O)c(C)nc12. The van der Waals surface area contributed by atoms with Gasteiger partial charge in [-0.2, -0.15) is 0 Å². The van der Waals surface area contributed by atoms with E-state index in [4.69, 9.17) is 4.74 Å². The molecule has 0 aliphatic carbocycles. The summed E-state index contributed by atoms with van der Waals surface area (Å²) in [6, 6.07) is 10.2. The summed E-state index contributed by atoms with van der Waals surface area (Å²) in [5, 5.41) is 12.5. The number of carbonyl (C=O) groups excluding carboxylic acids is 1. The summed E-state index contributed by atoms with van der Waals surface area (Å²) in [6.45, 7) is 4.18. The standard InChI is InChI=1S/C17H17N3O3/c1-3-23-14-9-6-10-20-15(11(2)18-16(14)20)17(22)19-12-7-4-5-8-13(12)21/h4-10,21H,3H2,1-2H3,(H,19,22). The fraction of sp³-hybridized carbons (Fsp3) is 0.176. The number of aryl methyl sites for hydroxylation is 1. The van der Waals surface area contributed by atoms with Crippen LogP contribution >= 0.6 is 0 Å². The van der Waals surface area contributed by atoms with Gasteiger partial charge in [0.05, 0.1) is 18.0 Å². The molecule has 0 aliphatic rings. The van der Waals surface area contributed by atoms with Gasteiger partial charge in [0, 0.05) is 6.20 Å². The number of imidazole rings is 1. The van der Waals surface area contributed by atoms with E-state index in [1.165, 1.54) is 6.07 Å². The highest BCUT2D eigenvalue weighted by Gasteiger charge is 2.19. The van der Waals surface area contributed by atoms with Crippen LogP contribution in [0.25, 0.3) is 5.65 Å². The highest BCUT2D eigenvalue weighted by Crippen LogP contribution is 2.25. The van der Waals surface area contributed by atoms with Crippen molar-refractivity contribution < 1.29 is 14.6 Å². The minimum absolute atomic E-state index is 0.0160. The molecule has 1 amide bonds. The Bertz CT molecular complexity index is 871. The van der Waals surface area contributed by atoms with Gasteiger partial charge < -0.3 is 15.2 Å². The lowest BCUT2D eigenvalue weighted by atomic mass is 10.2. The number of carbonyl (C=O) groups is 1. The molecule has 2 heterocycles. The van der Waals surface area contributed by atoms with Crippen LogP contribution in [0.2, 0.25) is 0 Å². The van der Waals surface area contributed by atoms with Crippen molar-refractivity contribution in [2.75, 3.05) is 11.9 Å². The van der Waals surface area contributed by atoms with Crippen LogP contribution in [-0.2, 0) is 0 Å². The molecule has 2 N–H and O–H groups in total. The predicted octanol–water partition coefficient (Wildman–Crippen LogP) is 3.00. The van der Waals surface area contributed by atoms with Gasteiger partial charge >= 0.3 is 0 Å². The van der Waals surface area contributed by atoms with Crippen LogP contribution < -0.4 is 10.1 Å². The van der Waals surface area contributed by atoms with Crippen LogP contribution in [0.1, 0.15) is 23.1 Å². The van der Waals surface area contributed by atoms with Crippen molar-refractivity contribution in [3.8, 4) is 11.5 Å². The fourth-order valence-electron chi connectivity index (χ4n) is 2.46. The molecule has 118 valence electrons. The summed E-state index contributed by atoms with van der Waals surface area (Å²) >= 11 is 0. The maximum absolute atomic E-state index is 12.6. The number of nitrogens with one attached hydrogen (secondary N) is 1. The van der Waals surface area contributed by atoms with Gasteiger partial charge in [-0.25, -0.2) is 4.98 Å². The van der Waals surface area contributed by atoms with E-state index in [0.717, 1.165) is 0 Å². The fourth-order valence-corrected chi connectivity index (χ4v) is 2.46. The second kappa shape index (κ2) is 6.00. The lowest BCUT2D eigenvalue weighted by Gasteiger charge is -2.08. The Kier molecular flexibility index (Phi) is 3.89. The highest BCUT2D eigenvalue weighted by molar-refractivity contribution is 6.05. The van der Waals surface area contributed by atoms with Crippen molar-refractivity contribution >= 4 is 17.2 Å². The molecule has 0 aliphatic heterocycles. The maximum Gasteiger partial charge on any atom is 0.274 e. The molecule has 6 heteroatoms. The van der Waals surface area contributed by atoms with Gasteiger partial charge in [0.25, 0.3) is 5.91 Å². The third-order valence-corrected chi connectivity index (χ3v) is 3.46. The number of anilines is 1. The Morgan fingerprint density at radius 1 is 1.30 bits per heavy atom. The smallest absolute Gasteiger partial charge is 0.274 e. The summed E-state index contributed by atoms with van der Waals surface area (Å²) in [5.74, 6) is 0.298. The largest absolute Gasteiger partial charge is 0.506 e. The number of aromatic nitrogens is 2. The molecule has 0 saturated heterocycles. The Morgan fingerprint density at radius 2 is 2.09 bits per heavy atom. The second-order valence-electron chi connectivity index (χ2n) is 5.02. The average Bonchev–Trinajstić information content (AvgIpc) is 2.87.